The lowest BCUT2D eigenvalue weighted by atomic mass is 9.72. The van der Waals surface area contributed by atoms with Crippen LogP contribution in [0.4, 0.5) is 4.79 Å². The Morgan fingerprint density at radius 3 is 2.24 bits per heavy atom. The van der Waals surface area contributed by atoms with Crippen LogP contribution in [-0.4, -0.2) is 66.2 Å². The molecule has 9 nitrogen and oxygen atoms in total. The largest absolute Gasteiger partial charge is 0.444 e. The molecule has 1 atom stereocenters. The van der Waals surface area contributed by atoms with E-state index in [1.54, 1.807) is 74.2 Å². The van der Waals surface area contributed by atoms with Crippen molar-refractivity contribution >= 4 is 50.3 Å². The SMILES string of the molecule is CC(C)(C)OC(=O)N1CCC(O)(C(c2ccc(Cl)cc2)c2cc3cc(Cl)ccc3n(CCOS(C)(=O)=O)c2=O)CC1. The van der Waals surface area contributed by atoms with Crippen molar-refractivity contribution in [2.75, 3.05) is 26.0 Å². The topological polar surface area (TPSA) is 115 Å². The van der Waals surface area contributed by atoms with Crippen LogP contribution in [0, 0.1) is 0 Å². The molecule has 1 fully saturated rings. The predicted molar refractivity (Wildman–Crippen MR) is 159 cm³/mol. The summed E-state index contributed by atoms with van der Waals surface area (Å²) in [5.74, 6) is -0.793. The number of fused-ring (bicyclic) bond motifs is 1. The molecule has 0 spiro atoms. The lowest BCUT2D eigenvalue weighted by Crippen LogP contribution is -2.51. The normalized spacial score (nSPS) is 16.5. The number of pyridine rings is 1. The third-order valence-electron chi connectivity index (χ3n) is 7.03. The average Bonchev–Trinajstić information content (AvgIpc) is 2.86. The summed E-state index contributed by atoms with van der Waals surface area (Å²) in [5, 5.41) is 13.8. The number of ether oxygens (including phenoxy) is 1. The average molecular weight is 626 g/mol. The molecule has 12 heteroatoms. The first-order valence-corrected chi connectivity index (χ1v) is 15.8. The van der Waals surface area contributed by atoms with E-state index in [1.165, 1.54) is 4.57 Å². The van der Waals surface area contributed by atoms with E-state index in [1.807, 2.05) is 0 Å². The number of hydrogen-bond acceptors (Lipinski definition) is 7. The summed E-state index contributed by atoms with van der Waals surface area (Å²) >= 11 is 12.5. The van der Waals surface area contributed by atoms with Crippen molar-refractivity contribution in [2.45, 2.75) is 57.3 Å². The van der Waals surface area contributed by atoms with Gasteiger partial charge in [-0.15, -0.1) is 0 Å². The fourth-order valence-corrected chi connectivity index (χ4v) is 5.90. The van der Waals surface area contributed by atoms with Crippen LogP contribution in [0.5, 0.6) is 0 Å². The Bertz CT molecular complexity index is 1590. The van der Waals surface area contributed by atoms with Crippen molar-refractivity contribution in [3.8, 4) is 0 Å². The molecule has 1 N–H and O–H groups in total. The molecule has 0 bridgehead atoms. The first-order chi connectivity index (χ1) is 19.1. The van der Waals surface area contributed by atoms with E-state index in [4.69, 9.17) is 32.1 Å². The van der Waals surface area contributed by atoms with E-state index < -0.39 is 38.9 Å². The minimum absolute atomic E-state index is 0.0456. The molecule has 1 saturated heterocycles. The van der Waals surface area contributed by atoms with Crippen LogP contribution in [0.3, 0.4) is 0 Å². The number of aromatic nitrogens is 1. The van der Waals surface area contributed by atoms with E-state index in [0.29, 0.717) is 32.1 Å². The summed E-state index contributed by atoms with van der Waals surface area (Å²) in [6.07, 6.45) is 0.851. The Morgan fingerprint density at radius 2 is 1.66 bits per heavy atom. The molecule has 4 rings (SSSR count). The molecule has 0 saturated carbocycles. The first kappa shape index (κ1) is 31.3. The highest BCUT2D eigenvalue weighted by atomic mass is 35.5. The summed E-state index contributed by atoms with van der Waals surface area (Å²) in [6, 6.07) is 13.7. The molecule has 1 aliphatic rings. The molecule has 2 aromatic carbocycles. The van der Waals surface area contributed by atoms with Gasteiger partial charge < -0.3 is 19.3 Å². The monoisotopic (exact) mass is 624 g/mol. The third-order valence-corrected chi connectivity index (χ3v) is 8.11. The van der Waals surface area contributed by atoms with Crippen LogP contribution in [-0.2, 0) is 25.6 Å². The van der Waals surface area contributed by atoms with Gasteiger partial charge in [0.05, 0.1) is 30.5 Å². The Kier molecular flexibility index (Phi) is 9.11. The van der Waals surface area contributed by atoms with Crippen molar-refractivity contribution in [3.05, 3.63) is 80.1 Å². The number of rotatable bonds is 7. The number of aliphatic hydroxyl groups is 1. The number of likely N-dealkylation sites (tertiary alicyclic amines) is 1. The zero-order valence-corrected chi connectivity index (χ0v) is 25.7. The molecular weight excluding hydrogens is 591 g/mol. The van der Waals surface area contributed by atoms with Crippen LogP contribution in [0.15, 0.2) is 53.3 Å². The molecule has 1 aliphatic heterocycles. The van der Waals surface area contributed by atoms with Gasteiger partial charge in [-0.2, -0.15) is 8.42 Å². The molecule has 3 aromatic rings. The van der Waals surface area contributed by atoms with E-state index >= 15 is 0 Å². The highest BCUT2D eigenvalue weighted by molar-refractivity contribution is 7.85. The number of halogens is 2. The zero-order valence-electron chi connectivity index (χ0n) is 23.4. The van der Waals surface area contributed by atoms with Crippen LogP contribution in [0.25, 0.3) is 10.9 Å². The van der Waals surface area contributed by atoms with Crippen molar-refractivity contribution in [1.82, 2.24) is 9.47 Å². The number of carbonyl (C=O) groups is 1. The summed E-state index contributed by atoms with van der Waals surface area (Å²) in [6.45, 7) is 5.53. The third kappa shape index (κ3) is 7.61. The van der Waals surface area contributed by atoms with Gasteiger partial charge in [-0.05, 0) is 75.6 Å². The lowest BCUT2D eigenvalue weighted by Gasteiger charge is -2.43. The van der Waals surface area contributed by atoms with Crippen molar-refractivity contribution in [1.29, 1.82) is 0 Å². The second-order valence-corrected chi connectivity index (χ2v) is 13.9. The summed E-state index contributed by atoms with van der Waals surface area (Å²) in [4.78, 5) is 28.4. The van der Waals surface area contributed by atoms with Gasteiger partial charge in [-0.1, -0.05) is 35.3 Å². The quantitative estimate of drug-likeness (QED) is 0.360. The molecule has 2 heterocycles. The van der Waals surface area contributed by atoms with Crippen molar-refractivity contribution < 1.29 is 27.2 Å². The standard InChI is InChI=1S/C29H34Cl2N2O7S/c1-28(2,3)40-27(35)32-13-11-29(36,12-14-32)25(19-5-7-21(30)8-6-19)23-18-20-17-22(31)9-10-24(20)33(26(23)34)15-16-39-41(4,37)38/h5-10,17-18,25,36H,11-16H2,1-4H3. The molecule has 41 heavy (non-hydrogen) atoms. The minimum atomic E-state index is -3.72. The zero-order chi connectivity index (χ0) is 30.2. The van der Waals surface area contributed by atoms with Gasteiger partial charge in [0.2, 0.25) is 0 Å². The fraction of sp³-hybridized carbons (Fsp3) is 0.448. The van der Waals surface area contributed by atoms with Gasteiger partial charge in [0.25, 0.3) is 15.7 Å². The van der Waals surface area contributed by atoms with Gasteiger partial charge in [0, 0.05) is 40.0 Å². The van der Waals surface area contributed by atoms with Gasteiger partial charge in [0.15, 0.2) is 0 Å². The number of amides is 1. The molecular formula is C29H34Cl2N2O7S. The minimum Gasteiger partial charge on any atom is -0.444 e. The van der Waals surface area contributed by atoms with Crippen molar-refractivity contribution in [2.24, 2.45) is 0 Å². The number of carbonyl (C=O) groups excluding carboxylic acids is 1. The lowest BCUT2D eigenvalue weighted by molar-refractivity contribution is -0.0415. The smallest absolute Gasteiger partial charge is 0.410 e. The number of piperidine rings is 1. The Labute approximate surface area is 249 Å². The maximum Gasteiger partial charge on any atom is 0.410 e. The number of hydrogen-bond donors (Lipinski definition) is 1. The van der Waals surface area contributed by atoms with Gasteiger partial charge >= 0.3 is 6.09 Å². The Balaban J connectivity index is 1.81. The van der Waals surface area contributed by atoms with E-state index in [0.717, 1.165) is 6.26 Å². The number of benzene rings is 2. The molecule has 222 valence electrons. The predicted octanol–water partition coefficient (Wildman–Crippen LogP) is 5.18. The second-order valence-electron chi connectivity index (χ2n) is 11.3. The Morgan fingerprint density at radius 1 is 1.05 bits per heavy atom. The van der Waals surface area contributed by atoms with E-state index in [9.17, 15) is 23.1 Å². The van der Waals surface area contributed by atoms with Crippen LogP contribution >= 0.6 is 23.2 Å². The van der Waals surface area contributed by atoms with Crippen LogP contribution in [0.1, 0.15) is 50.7 Å². The summed E-state index contributed by atoms with van der Waals surface area (Å²) in [7, 11) is -3.72. The van der Waals surface area contributed by atoms with E-state index in [2.05, 4.69) is 0 Å². The van der Waals surface area contributed by atoms with Crippen molar-refractivity contribution in [3.63, 3.8) is 0 Å². The highest BCUT2D eigenvalue weighted by Crippen LogP contribution is 2.41. The van der Waals surface area contributed by atoms with Crippen LogP contribution in [0.2, 0.25) is 10.0 Å². The maximum atomic E-state index is 14.1. The Hall–Kier alpha value is -2.63. The van der Waals surface area contributed by atoms with Gasteiger partial charge in [-0.3, -0.25) is 8.98 Å². The molecule has 0 radical (unpaired) electrons. The van der Waals surface area contributed by atoms with Crippen LogP contribution < -0.4 is 5.56 Å². The van der Waals surface area contributed by atoms with E-state index in [-0.39, 0.29) is 39.1 Å². The fourth-order valence-electron chi connectivity index (χ4n) is 5.22. The molecule has 1 amide bonds. The maximum absolute atomic E-state index is 14.1. The first-order valence-electron chi connectivity index (χ1n) is 13.2. The summed E-state index contributed by atoms with van der Waals surface area (Å²) in [5.41, 5.74) is -0.954. The summed E-state index contributed by atoms with van der Waals surface area (Å²) < 4.78 is 35.1. The molecule has 1 unspecified atom stereocenters. The number of nitrogens with zero attached hydrogens (tertiary/aromatic N) is 2. The van der Waals surface area contributed by atoms with Gasteiger partial charge in [0.1, 0.15) is 5.60 Å². The molecule has 0 aliphatic carbocycles. The van der Waals surface area contributed by atoms with Gasteiger partial charge in [-0.25, -0.2) is 4.79 Å². The molecule has 1 aromatic heterocycles. The second kappa shape index (κ2) is 11.9. The highest BCUT2D eigenvalue weighted by Gasteiger charge is 2.44.